The van der Waals surface area contributed by atoms with E-state index >= 15 is 0 Å². The molecule has 0 fully saturated rings. The molecule has 0 aliphatic heterocycles. The number of rotatable bonds is 4. The van der Waals surface area contributed by atoms with E-state index in [0.29, 0.717) is 5.69 Å². The number of nitrogens with two attached hydrogens (primary N) is 1. The van der Waals surface area contributed by atoms with Crippen LogP contribution >= 0.6 is 11.3 Å². The Morgan fingerprint density at radius 3 is 2.65 bits per heavy atom. The molecule has 3 rings (SSSR count). The molecular formula is C14H11N5O3S. The maximum atomic E-state index is 12.4. The van der Waals surface area contributed by atoms with E-state index in [0.717, 1.165) is 16.0 Å². The van der Waals surface area contributed by atoms with Crippen LogP contribution in [0.3, 0.4) is 0 Å². The molecule has 0 aliphatic carbocycles. The van der Waals surface area contributed by atoms with E-state index in [4.69, 9.17) is 5.73 Å². The van der Waals surface area contributed by atoms with Gasteiger partial charge in [-0.05, 0) is 12.1 Å². The van der Waals surface area contributed by atoms with Gasteiger partial charge >= 0.3 is 0 Å². The zero-order chi connectivity index (χ0) is 16.4. The first-order valence-corrected chi connectivity index (χ1v) is 7.37. The van der Waals surface area contributed by atoms with E-state index in [1.54, 1.807) is 35.7 Å². The number of aromatic nitrogens is 3. The minimum absolute atomic E-state index is 0.168. The van der Waals surface area contributed by atoms with E-state index in [2.05, 4.69) is 15.4 Å². The van der Waals surface area contributed by atoms with Crippen LogP contribution in [0, 0.1) is 0 Å². The largest absolute Gasteiger partial charge is 0.383 e. The van der Waals surface area contributed by atoms with Gasteiger partial charge in [0.25, 0.3) is 17.2 Å². The molecule has 8 nitrogen and oxygen atoms in total. The summed E-state index contributed by atoms with van der Waals surface area (Å²) in [6.07, 6.45) is 1.48. The Kier molecular flexibility index (Phi) is 3.77. The summed E-state index contributed by atoms with van der Waals surface area (Å²) in [5.41, 5.74) is 5.12. The first-order chi connectivity index (χ1) is 11.1. The fraction of sp³-hybridized carbons (Fsp3) is 0. The first-order valence-electron chi connectivity index (χ1n) is 6.49. The van der Waals surface area contributed by atoms with Gasteiger partial charge in [-0.1, -0.05) is 18.2 Å². The predicted octanol–water partition coefficient (Wildman–Crippen LogP) is 1.03. The Morgan fingerprint density at radius 1 is 1.26 bits per heavy atom. The van der Waals surface area contributed by atoms with E-state index < -0.39 is 22.8 Å². The summed E-state index contributed by atoms with van der Waals surface area (Å²) in [7, 11) is 0. The third-order valence-corrected chi connectivity index (χ3v) is 3.71. The quantitative estimate of drug-likeness (QED) is 0.487. The molecule has 2 aromatic heterocycles. The molecule has 1 amide bonds. The zero-order valence-electron chi connectivity index (χ0n) is 11.6. The zero-order valence-corrected chi connectivity index (χ0v) is 12.5. The molecule has 23 heavy (non-hydrogen) atoms. The Bertz CT molecular complexity index is 912. The lowest BCUT2D eigenvalue weighted by Gasteiger charge is -1.99. The van der Waals surface area contributed by atoms with Gasteiger partial charge in [0.15, 0.2) is 5.13 Å². The van der Waals surface area contributed by atoms with Crippen LogP contribution in [0.5, 0.6) is 0 Å². The number of Topliss-reactive ketones (excluding diaryl/α,β-unsaturated/α-hetero) is 1. The van der Waals surface area contributed by atoms with Crippen molar-refractivity contribution in [1.82, 2.24) is 14.8 Å². The molecule has 2 heterocycles. The van der Waals surface area contributed by atoms with Crippen molar-refractivity contribution in [2.75, 3.05) is 11.1 Å². The average molecular weight is 329 g/mol. The van der Waals surface area contributed by atoms with Crippen molar-refractivity contribution in [3.8, 4) is 5.69 Å². The van der Waals surface area contributed by atoms with Gasteiger partial charge in [0.2, 0.25) is 0 Å². The van der Waals surface area contributed by atoms with Crippen LogP contribution in [0.1, 0.15) is 10.4 Å². The Labute approximate surface area is 133 Å². The van der Waals surface area contributed by atoms with Gasteiger partial charge in [0.1, 0.15) is 11.4 Å². The standard InChI is InChI=1S/C14H11N5O3S/c15-11-9(10(20)12(21)17-14-16-6-7-23-14)13(22)19(18-11)8-4-2-1-3-5-8/h1-7,18H,15H2,(H,16,17,21). The van der Waals surface area contributed by atoms with Gasteiger partial charge in [0, 0.05) is 11.6 Å². The third-order valence-electron chi connectivity index (χ3n) is 3.02. The summed E-state index contributed by atoms with van der Waals surface area (Å²) in [5.74, 6) is -2.16. The number of hydrogen-bond donors (Lipinski definition) is 3. The number of H-pyrrole nitrogens is 1. The van der Waals surface area contributed by atoms with Gasteiger partial charge in [-0.15, -0.1) is 11.3 Å². The van der Waals surface area contributed by atoms with E-state index in [9.17, 15) is 14.4 Å². The number of carbonyl (C=O) groups excluding carboxylic acids is 2. The summed E-state index contributed by atoms with van der Waals surface area (Å²) in [5, 5.41) is 6.83. The number of nitrogens with one attached hydrogen (secondary N) is 2. The highest BCUT2D eigenvalue weighted by Crippen LogP contribution is 2.13. The molecular weight excluding hydrogens is 318 g/mol. The van der Waals surface area contributed by atoms with Crippen LogP contribution in [0.25, 0.3) is 5.69 Å². The molecule has 0 saturated carbocycles. The number of ketones is 1. The first kappa shape index (κ1) is 14.7. The molecule has 0 radical (unpaired) electrons. The number of hydrogen-bond acceptors (Lipinski definition) is 6. The minimum Gasteiger partial charge on any atom is -0.383 e. The Morgan fingerprint density at radius 2 is 2.00 bits per heavy atom. The molecule has 0 unspecified atom stereocenters. The molecule has 0 aliphatic rings. The molecule has 0 spiro atoms. The number of carbonyl (C=O) groups is 2. The molecule has 0 atom stereocenters. The van der Waals surface area contributed by atoms with Crippen molar-refractivity contribution in [1.29, 1.82) is 0 Å². The fourth-order valence-electron chi connectivity index (χ4n) is 1.99. The maximum absolute atomic E-state index is 12.4. The molecule has 116 valence electrons. The lowest BCUT2D eigenvalue weighted by atomic mass is 10.2. The van der Waals surface area contributed by atoms with Gasteiger partial charge in [0.05, 0.1) is 5.69 Å². The number of benzene rings is 1. The SMILES string of the molecule is Nc1[nH]n(-c2ccccc2)c(=O)c1C(=O)C(=O)Nc1nccs1. The number of amides is 1. The normalized spacial score (nSPS) is 10.4. The molecule has 4 N–H and O–H groups in total. The fourth-order valence-corrected chi connectivity index (χ4v) is 2.51. The monoisotopic (exact) mass is 329 g/mol. The summed E-state index contributed by atoms with van der Waals surface area (Å²) in [4.78, 5) is 40.4. The highest BCUT2D eigenvalue weighted by atomic mass is 32.1. The lowest BCUT2D eigenvalue weighted by molar-refractivity contribution is -0.112. The number of para-hydroxylation sites is 1. The van der Waals surface area contributed by atoms with Crippen LogP contribution in [-0.2, 0) is 4.79 Å². The minimum atomic E-state index is -1.02. The lowest BCUT2D eigenvalue weighted by Crippen LogP contribution is -2.29. The Balaban J connectivity index is 1.94. The van der Waals surface area contributed by atoms with Crippen LogP contribution in [0.4, 0.5) is 10.9 Å². The highest BCUT2D eigenvalue weighted by Gasteiger charge is 2.26. The van der Waals surface area contributed by atoms with E-state index in [1.165, 1.54) is 6.20 Å². The molecule has 0 bridgehead atoms. The molecule has 3 aromatic rings. The van der Waals surface area contributed by atoms with Gasteiger partial charge in [-0.2, -0.15) is 0 Å². The summed E-state index contributed by atoms with van der Waals surface area (Å²) < 4.78 is 1.11. The van der Waals surface area contributed by atoms with Crippen LogP contribution < -0.4 is 16.6 Å². The van der Waals surface area contributed by atoms with Crippen molar-refractivity contribution in [2.24, 2.45) is 0 Å². The van der Waals surface area contributed by atoms with Gasteiger partial charge < -0.3 is 5.73 Å². The second-order valence-corrected chi connectivity index (χ2v) is 5.39. The number of nitrogen functional groups attached to an aromatic ring is 1. The van der Waals surface area contributed by atoms with Gasteiger partial charge in [-0.3, -0.25) is 24.8 Å². The predicted molar refractivity (Wildman–Crippen MR) is 85.9 cm³/mol. The van der Waals surface area contributed by atoms with Crippen LogP contribution in [-0.4, -0.2) is 26.5 Å². The van der Waals surface area contributed by atoms with Crippen molar-refractivity contribution in [3.63, 3.8) is 0 Å². The third kappa shape index (κ3) is 2.77. The second-order valence-electron chi connectivity index (χ2n) is 4.50. The highest BCUT2D eigenvalue weighted by molar-refractivity contribution is 7.13. The maximum Gasteiger partial charge on any atom is 0.298 e. The molecule has 9 heteroatoms. The van der Waals surface area contributed by atoms with Crippen molar-refractivity contribution in [2.45, 2.75) is 0 Å². The number of nitrogens with zero attached hydrogens (tertiary/aromatic N) is 2. The van der Waals surface area contributed by atoms with Crippen LogP contribution in [0.2, 0.25) is 0 Å². The summed E-state index contributed by atoms with van der Waals surface area (Å²) in [6, 6.07) is 8.59. The number of aromatic amines is 1. The van der Waals surface area contributed by atoms with Crippen molar-refractivity contribution < 1.29 is 9.59 Å². The number of thiazole rings is 1. The van der Waals surface area contributed by atoms with Crippen molar-refractivity contribution in [3.05, 3.63) is 57.8 Å². The Hall–Kier alpha value is -3.20. The van der Waals surface area contributed by atoms with Crippen LogP contribution in [0.15, 0.2) is 46.7 Å². The van der Waals surface area contributed by atoms with E-state index in [1.807, 2.05) is 0 Å². The summed E-state index contributed by atoms with van der Waals surface area (Å²) in [6.45, 7) is 0. The second kappa shape index (κ2) is 5.89. The molecule has 1 aromatic carbocycles. The van der Waals surface area contributed by atoms with Crippen molar-refractivity contribution >= 4 is 34.0 Å². The average Bonchev–Trinajstić information content (AvgIpc) is 3.15. The topological polar surface area (TPSA) is 123 Å². The summed E-state index contributed by atoms with van der Waals surface area (Å²) >= 11 is 1.16. The smallest absolute Gasteiger partial charge is 0.298 e. The number of anilines is 2. The molecule has 0 saturated heterocycles. The van der Waals surface area contributed by atoms with E-state index in [-0.39, 0.29) is 10.9 Å². The van der Waals surface area contributed by atoms with Gasteiger partial charge in [-0.25, -0.2) is 9.67 Å².